The van der Waals surface area contributed by atoms with Gasteiger partial charge in [-0.2, -0.15) is 5.10 Å². The highest BCUT2D eigenvalue weighted by Crippen LogP contribution is 2.09. The van der Waals surface area contributed by atoms with E-state index in [0.29, 0.717) is 12.4 Å². The topological polar surface area (TPSA) is 93.2 Å². The molecule has 6 nitrogen and oxygen atoms in total. The fraction of sp³-hybridized carbons (Fsp3) is 0.556. The summed E-state index contributed by atoms with van der Waals surface area (Å²) >= 11 is 0. The molecule has 0 saturated heterocycles. The number of nitrogens with zero attached hydrogens (tertiary/aromatic N) is 2. The van der Waals surface area contributed by atoms with Crippen LogP contribution < -0.4 is 11.1 Å². The summed E-state index contributed by atoms with van der Waals surface area (Å²) < 4.78 is 1.54. The summed E-state index contributed by atoms with van der Waals surface area (Å²) in [6, 6.07) is 1.17. The molecule has 0 radical (unpaired) electrons. The molecule has 1 aromatic rings. The van der Waals surface area contributed by atoms with Gasteiger partial charge in [-0.1, -0.05) is 0 Å². The predicted octanol–water partition coefficient (Wildman–Crippen LogP) is -0.530. The number of aryl methyl sites for hydroxylation is 1. The fourth-order valence-corrected chi connectivity index (χ4v) is 1.15. The van der Waals surface area contributed by atoms with Crippen molar-refractivity contribution < 1.29 is 9.90 Å². The Kier molecular flexibility index (Phi) is 3.81. The van der Waals surface area contributed by atoms with Crippen molar-refractivity contribution in [2.24, 2.45) is 5.73 Å². The summed E-state index contributed by atoms with van der Waals surface area (Å²) in [5, 5.41) is 15.6. The number of carbonyl (C=O) groups excluding carboxylic acids is 1. The van der Waals surface area contributed by atoms with Gasteiger partial charge in [0.25, 0.3) is 0 Å². The zero-order valence-electron chi connectivity index (χ0n) is 8.90. The first kappa shape index (κ1) is 11.7. The fourth-order valence-electron chi connectivity index (χ4n) is 1.15. The van der Waals surface area contributed by atoms with Crippen LogP contribution >= 0.6 is 0 Å². The van der Waals surface area contributed by atoms with Crippen molar-refractivity contribution in [1.29, 1.82) is 0 Å². The summed E-state index contributed by atoms with van der Waals surface area (Å²) in [4.78, 5) is 11.3. The third-order valence-corrected chi connectivity index (χ3v) is 1.88. The normalized spacial score (nSPS) is 12.5. The van der Waals surface area contributed by atoms with Crippen LogP contribution in [0.4, 0.5) is 5.82 Å². The molecule has 1 heterocycles. The van der Waals surface area contributed by atoms with Gasteiger partial charge in [0.2, 0.25) is 5.91 Å². The number of hydrogen-bond acceptors (Lipinski definition) is 4. The first-order valence-electron chi connectivity index (χ1n) is 4.76. The number of rotatable bonds is 4. The second kappa shape index (κ2) is 4.90. The van der Waals surface area contributed by atoms with Crippen LogP contribution in [0.3, 0.4) is 0 Å². The van der Waals surface area contributed by atoms with Crippen LogP contribution in [-0.4, -0.2) is 33.4 Å². The minimum absolute atomic E-state index is 0.0256. The first-order valence-corrected chi connectivity index (χ1v) is 4.76. The van der Waals surface area contributed by atoms with Gasteiger partial charge in [0.1, 0.15) is 5.82 Å². The van der Waals surface area contributed by atoms with Gasteiger partial charge in [-0.15, -0.1) is 0 Å². The van der Waals surface area contributed by atoms with Crippen molar-refractivity contribution in [3.05, 3.63) is 11.8 Å². The number of aliphatic hydroxyl groups excluding tert-OH is 1. The minimum atomic E-state index is -0.567. The van der Waals surface area contributed by atoms with Gasteiger partial charge in [0, 0.05) is 6.07 Å². The highest BCUT2D eigenvalue weighted by Gasteiger charge is 2.11. The van der Waals surface area contributed by atoms with Gasteiger partial charge in [-0.25, -0.2) is 4.68 Å². The zero-order chi connectivity index (χ0) is 11.4. The molecule has 4 N–H and O–H groups in total. The Morgan fingerprint density at radius 1 is 1.80 bits per heavy atom. The average Bonchev–Trinajstić information content (AvgIpc) is 2.47. The largest absolute Gasteiger partial charge is 0.394 e. The Labute approximate surface area is 88.1 Å². The number of anilines is 1. The van der Waals surface area contributed by atoms with Gasteiger partial charge >= 0.3 is 0 Å². The third-order valence-electron chi connectivity index (χ3n) is 1.88. The molecule has 0 aromatic carbocycles. The maximum absolute atomic E-state index is 11.3. The van der Waals surface area contributed by atoms with E-state index in [-0.39, 0.29) is 12.5 Å². The highest BCUT2D eigenvalue weighted by atomic mass is 16.3. The Morgan fingerprint density at radius 3 is 3.00 bits per heavy atom. The van der Waals surface area contributed by atoms with Crippen LogP contribution in [0, 0.1) is 6.92 Å². The number of nitrogens with one attached hydrogen (secondary N) is 1. The van der Waals surface area contributed by atoms with Crippen LogP contribution in [0.2, 0.25) is 0 Å². The molecule has 0 aliphatic heterocycles. The molecule has 1 unspecified atom stereocenters. The number of aliphatic hydroxyl groups is 1. The number of hydrogen-bond donors (Lipinski definition) is 3. The van der Waals surface area contributed by atoms with E-state index in [1.807, 2.05) is 6.92 Å². The molecular formula is C9H16N4O2. The lowest BCUT2D eigenvalue weighted by Crippen LogP contribution is -2.33. The van der Waals surface area contributed by atoms with E-state index in [0.717, 1.165) is 5.69 Å². The molecule has 0 fully saturated rings. The van der Waals surface area contributed by atoms with Crippen molar-refractivity contribution >= 4 is 11.7 Å². The number of amides is 1. The molecule has 1 aromatic heterocycles. The van der Waals surface area contributed by atoms with E-state index in [1.54, 1.807) is 13.0 Å². The van der Waals surface area contributed by atoms with E-state index < -0.39 is 6.04 Å². The van der Waals surface area contributed by atoms with E-state index >= 15 is 0 Å². The summed E-state index contributed by atoms with van der Waals surface area (Å²) in [7, 11) is 0. The van der Waals surface area contributed by atoms with Crippen molar-refractivity contribution in [2.75, 3.05) is 11.9 Å². The molecule has 0 spiro atoms. The second-order valence-electron chi connectivity index (χ2n) is 3.40. The first-order chi connectivity index (χ1) is 7.04. The van der Waals surface area contributed by atoms with Crippen molar-refractivity contribution in [3.63, 3.8) is 0 Å². The lowest BCUT2D eigenvalue weighted by Gasteiger charge is -2.09. The van der Waals surface area contributed by atoms with Gasteiger partial charge in [0.05, 0.1) is 24.9 Å². The van der Waals surface area contributed by atoms with Gasteiger partial charge in [-0.3, -0.25) is 4.79 Å². The molecule has 0 aliphatic rings. The number of carbonyl (C=O) groups is 1. The van der Waals surface area contributed by atoms with Gasteiger partial charge < -0.3 is 16.2 Å². The van der Waals surface area contributed by atoms with Crippen LogP contribution in [-0.2, 0) is 11.3 Å². The zero-order valence-corrected chi connectivity index (χ0v) is 8.90. The lowest BCUT2D eigenvalue weighted by atomic mass is 10.3. The van der Waals surface area contributed by atoms with Gasteiger partial charge in [0.15, 0.2) is 0 Å². The van der Waals surface area contributed by atoms with E-state index in [9.17, 15) is 4.79 Å². The molecule has 15 heavy (non-hydrogen) atoms. The maximum atomic E-state index is 11.3. The van der Waals surface area contributed by atoms with Gasteiger partial charge in [-0.05, 0) is 13.8 Å². The number of nitrogens with two attached hydrogens (primary N) is 1. The van der Waals surface area contributed by atoms with Crippen molar-refractivity contribution in [2.45, 2.75) is 26.4 Å². The monoisotopic (exact) mass is 212 g/mol. The Balaban J connectivity index is 2.79. The molecule has 6 heteroatoms. The van der Waals surface area contributed by atoms with E-state index in [2.05, 4.69) is 10.4 Å². The summed E-state index contributed by atoms with van der Waals surface area (Å²) in [5.74, 6) is 0.290. The smallest absolute Gasteiger partial charge is 0.242 e. The van der Waals surface area contributed by atoms with Crippen molar-refractivity contribution in [3.8, 4) is 0 Å². The van der Waals surface area contributed by atoms with Crippen molar-refractivity contribution in [1.82, 2.24) is 9.78 Å². The molecule has 0 bridgehead atoms. The second-order valence-corrected chi connectivity index (χ2v) is 3.40. The molecular weight excluding hydrogens is 196 g/mol. The van der Waals surface area contributed by atoms with E-state index in [4.69, 9.17) is 10.8 Å². The maximum Gasteiger partial charge on any atom is 0.242 e. The quantitative estimate of drug-likeness (QED) is 0.625. The summed E-state index contributed by atoms with van der Waals surface area (Å²) in [5.41, 5.74) is 6.20. The predicted molar refractivity (Wildman–Crippen MR) is 56.3 cm³/mol. The highest BCUT2D eigenvalue weighted by molar-refractivity contribution is 5.93. The summed E-state index contributed by atoms with van der Waals surface area (Å²) in [6.45, 7) is 3.74. The molecule has 0 saturated carbocycles. The molecule has 1 atom stereocenters. The molecule has 1 rings (SSSR count). The third kappa shape index (κ3) is 3.03. The van der Waals surface area contributed by atoms with Crippen LogP contribution in [0.15, 0.2) is 6.07 Å². The molecule has 1 amide bonds. The average molecular weight is 212 g/mol. The van der Waals surface area contributed by atoms with Crippen LogP contribution in [0.5, 0.6) is 0 Å². The molecule has 84 valence electrons. The standard InChI is InChI=1S/C9H16N4O2/c1-6-5-8(11-9(15)7(2)10)13(12-6)3-4-14/h5,7,14H,3-4,10H2,1-2H3,(H,11,15). The van der Waals surface area contributed by atoms with Crippen LogP contribution in [0.1, 0.15) is 12.6 Å². The molecule has 0 aliphatic carbocycles. The Hall–Kier alpha value is -1.40. The Morgan fingerprint density at radius 2 is 2.47 bits per heavy atom. The summed E-state index contributed by atoms with van der Waals surface area (Å²) in [6.07, 6.45) is 0. The van der Waals surface area contributed by atoms with Crippen LogP contribution in [0.25, 0.3) is 0 Å². The van der Waals surface area contributed by atoms with E-state index in [1.165, 1.54) is 4.68 Å². The SMILES string of the molecule is Cc1cc(NC(=O)C(C)N)n(CCO)n1. The number of aromatic nitrogens is 2. The minimum Gasteiger partial charge on any atom is -0.394 e. The Bertz CT molecular complexity index is 346. The lowest BCUT2D eigenvalue weighted by molar-refractivity contribution is -0.117.